The van der Waals surface area contributed by atoms with E-state index in [2.05, 4.69) is 6.58 Å². The van der Waals surface area contributed by atoms with Crippen molar-refractivity contribution in [2.45, 2.75) is 32.9 Å². The molecule has 0 aliphatic carbocycles. The molecule has 0 aliphatic heterocycles. The van der Waals surface area contributed by atoms with E-state index in [1.165, 1.54) is 0 Å². The summed E-state index contributed by atoms with van der Waals surface area (Å²) in [5.74, 6) is 0.444. The number of allylic oxidation sites excluding steroid dienone is 1. The van der Waals surface area contributed by atoms with Gasteiger partial charge in [0, 0.05) is 6.42 Å². The highest BCUT2D eigenvalue weighted by Crippen LogP contribution is 2.31. The predicted molar refractivity (Wildman–Crippen MR) is 52.7 cm³/mol. The van der Waals surface area contributed by atoms with Crippen LogP contribution in [0, 0.1) is 5.92 Å². The average Bonchev–Trinajstić information content (AvgIpc) is 2.00. The van der Waals surface area contributed by atoms with Crippen LogP contribution in [-0.2, 0) is 9.09 Å². The number of hydrogen-bond acceptors (Lipinski definition) is 2. The summed E-state index contributed by atoms with van der Waals surface area (Å²) < 4.78 is 16.5. The van der Waals surface area contributed by atoms with Crippen molar-refractivity contribution in [3.63, 3.8) is 0 Å². The van der Waals surface area contributed by atoms with Crippen LogP contribution in [0.2, 0.25) is 0 Å². The van der Waals surface area contributed by atoms with Gasteiger partial charge in [-0.25, -0.2) is 0 Å². The van der Waals surface area contributed by atoms with Gasteiger partial charge in [-0.1, -0.05) is 19.9 Å². The average molecular weight is 189 g/mol. The van der Waals surface area contributed by atoms with Gasteiger partial charge in [0.15, 0.2) is 5.66 Å². The van der Waals surface area contributed by atoms with E-state index >= 15 is 0 Å². The molecule has 0 bridgehead atoms. The fraction of sp³-hybridized carbons (Fsp3) is 0.778. The molecular weight excluding hydrogens is 171 g/mol. The molecule has 0 aromatic heterocycles. The lowest BCUT2D eigenvalue weighted by molar-refractivity contribution is 0.279. The van der Waals surface area contributed by atoms with E-state index in [4.69, 9.17) is 4.52 Å². The summed E-state index contributed by atoms with van der Waals surface area (Å²) in [5.41, 5.74) is 0.0937. The quantitative estimate of drug-likeness (QED) is 0.473. The monoisotopic (exact) mass is 189 g/mol. The second-order valence-electron chi connectivity index (χ2n) is 3.35. The van der Waals surface area contributed by atoms with Crippen molar-refractivity contribution in [2.75, 3.05) is 6.61 Å². The minimum Gasteiger partial charge on any atom is -0.146 e. The highest BCUT2D eigenvalue weighted by atomic mass is 31.1. The summed E-state index contributed by atoms with van der Waals surface area (Å²) in [4.78, 5) is 0. The van der Waals surface area contributed by atoms with Gasteiger partial charge in [0.05, 0.1) is 0 Å². The lowest BCUT2D eigenvalue weighted by Gasteiger charge is -1.98. The first-order chi connectivity index (χ1) is 5.57. The molecule has 0 N–H and O–H groups in total. The third-order valence-electron chi connectivity index (χ3n) is 1.40. The minimum atomic E-state index is -1.50. The molecule has 0 fully saturated rings. The van der Waals surface area contributed by atoms with E-state index < -0.39 is 8.03 Å². The van der Waals surface area contributed by atoms with Gasteiger partial charge in [-0.05, 0) is 17.4 Å². The van der Waals surface area contributed by atoms with Crippen molar-refractivity contribution in [3.8, 4) is 0 Å². The Hall–Kier alpha value is -0.200. The lowest BCUT2D eigenvalue weighted by atomic mass is 10.2. The van der Waals surface area contributed by atoms with E-state index in [0.29, 0.717) is 12.5 Å². The predicted octanol–water partition coefficient (Wildman–Crippen LogP) is 3.37. The van der Waals surface area contributed by atoms with Crippen LogP contribution in [0.5, 0.6) is 0 Å². The van der Waals surface area contributed by atoms with Crippen LogP contribution in [0.25, 0.3) is 0 Å². The van der Waals surface area contributed by atoms with Crippen LogP contribution in [0.1, 0.15) is 27.2 Å². The first kappa shape index (κ1) is 11.8. The van der Waals surface area contributed by atoms with Crippen molar-refractivity contribution in [1.82, 2.24) is 0 Å². The Bertz CT molecular complexity index is 155. The molecule has 2 unspecified atom stereocenters. The van der Waals surface area contributed by atoms with Crippen LogP contribution >= 0.6 is 8.03 Å². The number of hydrogen-bond donors (Lipinski definition) is 0. The van der Waals surface area contributed by atoms with Crippen molar-refractivity contribution >= 4 is 8.03 Å². The van der Waals surface area contributed by atoms with Gasteiger partial charge in [0.25, 0.3) is 0 Å². The third kappa shape index (κ3) is 5.45. The Balaban J connectivity index is 3.63. The fourth-order valence-electron chi connectivity index (χ4n) is 0.677. The van der Waals surface area contributed by atoms with Gasteiger partial charge in [-0.2, -0.15) is 0 Å². The zero-order chi connectivity index (χ0) is 9.56. The van der Waals surface area contributed by atoms with Gasteiger partial charge < -0.3 is 0 Å². The standard InChI is InChI=1S/C9H18O2P/c1-5-6-9(4)12(10)11-7-8(2)3/h5,8-9H,1,6-7H2,2-4H3/q+1. The maximum Gasteiger partial charge on any atom is 0.511 e. The lowest BCUT2D eigenvalue weighted by Crippen LogP contribution is -2.01. The Kier molecular flexibility index (Phi) is 6.23. The van der Waals surface area contributed by atoms with Crippen LogP contribution < -0.4 is 0 Å². The summed E-state index contributed by atoms with van der Waals surface area (Å²) in [6, 6.07) is 0. The van der Waals surface area contributed by atoms with E-state index in [1.807, 2.05) is 20.8 Å². The maximum absolute atomic E-state index is 11.3. The molecule has 2 nitrogen and oxygen atoms in total. The molecule has 0 amide bonds. The second-order valence-corrected chi connectivity index (χ2v) is 5.06. The van der Waals surface area contributed by atoms with E-state index in [0.717, 1.165) is 6.42 Å². The first-order valence-corrected chi connectivity index (χ1v) is 5.52. The van der Waals surface area contributed by atoms with Crippen LogP contribution in [0.3, 0.4) is 0 Å². The van der Waals surface area contributed by atoms with E-state index in [1.54, 1.807) is 6.08 Å². The summed E-state index contributed by atoms with van der Waals surface area (Å²) >= 11 is 0. The van der Waals surface area contributed by atoms with Gasteiger partial charge in [-0.15, -0.1) is 11.1 Å². The van der Waals surface area contributed by atoms with Crippen molar-refractivity contribution in [1.29, 1.82) is 0 Å². The van der Waals surface area contributed by atoms with Crippen molar-refractivity contribution in [3.05, 3.63) is 12.7 Å². The summed E-state index contributed by atoms with van der Waals surface area (Å²) in [5, 5.41) is 0. The molecule has 0 aromatic carbocycles. The van der Waals surface area contributed by atoms with Gasteiger partial charge in [-0.3, -0.25) is 0 Å². The summed E-state index contributed by atoms with van der Waals surface area (Å²) in [6.45, 7) is 10.2. The maximum atomic E-state index is 11.3. The molecule has 0 spiro atoms. The van der Waals surface area contributed by atoms with Crippen LogP contribution in [0.15, 0.2) is 12.7 Å². The Labute approximate surface area is 75.9 Å². The molecule has 0 rings (SSSR count). The normalized spacial score (nSPS) is 14.5. The van der Waals surface area contributed by atoms with Gasteiger partial charge in [0.1, 0.15) is 6.61 Å². The molecule has 70 valence electrons. The summed E-state index contributed by atoms with van der Waals surface area (Å²) in [6.07, 6.45) is 2.53. The first-order valence-electron chi connectivity index (χ1n) is 4.28. The van der Waals surface area contributed by atoms with Crippen molar-refractivity contribution in [2.24, 2.45) is 5.92 Å². The molecule has 3 heteroatoms. The highest BCUT2D eigenvalue weighted by molar-refractivity contribution is 7.40. The molecule has 12 heavy (non-hydrogen) atoms. The van der Waals surface area contributed by atoms with Crippen molar-refractivity contribution < 1.29 is 9.09 Å². The van der Waals surface area contributed by atoms with Gasteiger partial charge in [0.2, 0.25) is 0 Å². The molecular formula is C9H18O2P+. The smallest absolute Gasteiger partial charge is 0.146 e. The van der Waals surface area contributed by atoms with Gasteiger partial charge >= 0.3 is 8.03 Å². The largest absolute Gasteiger partial charge is 0.511 e. The fourth-order valence-corrected chi connectivity index (χ4v) is 1.70. The topological polar surface area (TPSA) is 26.3 Å². The molecule has 0 aromatic rings. The zero-order valence-electron chi connectivity index (χ0n) is 8.12. The van der Waals surface area contributed by atoms with E-state index in [-0.39, 0.29) is 5.66 Å². The third-order valence-corrected chi connectivity index (χ3v) is 2.74. The molecule has 2 atom stereocenters. The van der Waals surface area contributed by atoms with E-state index in [9.17, 15) is 4.57 Å². The molecule has 0 saturated carbocycles. The molecule has 0 heterocycles. The van der Waals surface area contributed by atoms with Crippen LogP contribution in [0.4, 0.5) is 0 Å². The van der Waals surface area contributed by atoms with Crippen LogP contribution in [-0.4, -0.2) is 12.3 Å². The minimum absolute atomic E-state index is 0.0937. The summed E-state index contributed by atoms with van der Waals surface area (Å²) in [7, 11) is -1.50. The Morgan fingerprint density at radius 2 is 2.08 bits per heavy atom. The SMILES string of the molecule is C=CCC(C)[P+](=O)OCC(C)C. The number of rotatable bonds is 6. The molecule has 0 saturated heterocycles. The Morgan fingerprint density at radius 3 is 2.50 bits per heavy atom. The second kappa shape index (κ2) is 6.33. The highest BCUT2D eigenvalue weighted by Gasteiger charge is 2.26. The molecule has 0 aliphatic rings. The zero-order valence-corrected chi connectivity index (χ0v) is 9.01. The Morgan fingerprint density at radius 1 is 1.50 bits per heavy atom. The molecule has 0 radical (unpaired) electrons.